The summed E-state index contributed by atoms with van der Waals surface area (Å²) in [7, 11) is 1.63. The van der Waals surface area contributed by atoms with E-state index in [4.69, 9.17) is 0 Å². The minimum atomic E-state index is -0.0455. The summed E-state index contributed by atoms with van der Waals surface area (Å²) in [5.74, 6) is 0.740. The number of aryl methyl sites for hydroxylation is 2. The van der Waals surface area contributed by atoms with E-state index in [2.05, 4.69) is 20.6 Å². The van der Waals surface area contributed by atoms with Gasteiger partial charge < -0.3 is 10.6 Å². The summed E-state index contributed by atoms with van der Waals surface area (Å²) in [4.78, 5) is 22.5. The number of rotatable bonds is 3. The Morgan fingerprint density at radius 3 is 3.05 bits per heavy atom. The molecule has 0 aromatic carbocycles. The molecule has 6 heteroatoms. The first-order valence-electron chi connectivity index (χ1n) is 6.49. The number of aromatic nitrogens is 2. The highest BCUT2D eigenvalue weighted by Crippen LogP contribution is 2.37. The second kappa shape index (κ2) is 5.13. The summed E-state index contributed by atoms with van der Waals surface area (Å²) >= 11 is 1.76. The molecule has 0 saturated carbocycles. The van der Waals surface area contributed by atoms with Crippen molar-refractivity contribution < 1.29 is 4.79 Å². The SMILES string of the molecule is CNC(=O)CNc1ncnc2sc3c(c12)CCCC3. The Kier molecular flexibility index (Phi) is 3.33. The van der Waals surface area contributed by atoms with E-state index in [1.54, 1.807) is 24.7 Å². The Labute approximate surface area is 115 Å². The number of fused-ring (bicyclic) bond motifs is 3. The molecular formula is C13H16N4OS. The maximum atomic E-state index is 11.3. The minimum Gasteiger partial charge on any atom is -0.360 e. The van der Waals surface area contributed by atoms with Gasteiger partial charge in [0.1, 0.15) is 17.0 Å². The van der Waals surface area contributed by atoms with Crippen LogP contribution >= 0.6 is 11.3 Å². The van der Waals surface area contributed by atoms with Gasteiger partial charge in [-0.1, -0.05) is 0 Å². The number of carbonyl (C=O) groups is 1. The van der Waals surface area contributed by atoms with Gasteiger partial charge in [0.15, 0.2) is 0 Å². The fourth-order valence-electron chi connectivity index (χ4n) is 2.48. The molecule has 19 heavy (non-hydrogen) atoms. The van der Waals surface area contributed by atoms with E-state index in [1.807, 2.05) is 0 Å². The molecule has 0 aliphatic heterocycles. The molecule has 3 rings (SSSR count). The first kappa shape index (κ1) is 12.3. The van der Waals surface area contributed by atoms with Gasteiger partial charge in [0, 0.05) is 11.9 Å². The minimum absolute atomic E-state index is 0.0455. The lowest BCUT2D eigenvalue weighted by molar-refractivity contribution is -0.118. The second-order valence-corrected chi connectivity index (χ2v) is 5.72. The van der Waals surface area contributed by atoms with Crippen molar-refractivity contribution in [1.29, 1.82) is 0 Å². The van der Waals surface area contributed by atoms with E-state index in [1.165, 1.54) is 23.3 Å². The lowest BCUT2D eigenvalue weighted by atomic mass is 9.97. The second-order valence-electron chi connectivity index (χ2n) is 4.64. The molecule has 1 amide bonds. The predicted octanol–water partition coefficient (Wildman–Crippen LogP) is 1.73. The molecule has 1 aliphatic carbocycles. The van der Waals surface area contributed by atoms with Gasteiger partial charge in [0.25, 0.3) is 0 Å². The Hall–Kier alpha value is -1.69. The van der Waals surface area contributed by atoms with Crippen molar-refractivity contribution in [3.63, 3.8) is 0 Å². The molecule has 1 aliphatic rings. The first-order valence-corrected chi connectivity index (χ1v) is 7.31. The average molecular weight is 276 g/mol. The third-order valence-electron chi connectivity index (χ3n) is 3.45. The Bertz CT molecular complexity index is 622. The van der Waals surface area contributed by atoms with E-state index >= 15 is 0 Å². The van der Waals surface area contributed by atoms with Crippen LogP contribution in [-0.2, 0) is 17.6 Å². The van der Waals surface area contributed by atoms with E-state index < -0.39 is 0 Å². The van der Waals surface area contributed by atoms with Crippen molar-refractivity contribution >= 4 is 33.3 Å². The molecule has 2 N–H and O–H groups in total. The van der Waals surface area contributed by atoms with Crippen LogP contribution in [0.3, 0.4) is 0 Å². The third-order valence-corrected chi connectivity index (χ3v) is 4.65. The van der Waals surface area contributed by atoms with Crippen molar-refractivity contribution in [3.05, 3.63) is 16.8 Å². The van der Waals surface area contributed by atoms with Gasteiger partial charge >= 0.3 is 0 Å². The zero-order valence-corrected chi connectivity index (χ0v) is 11.6. The highest BCUT2D eigenvalue weighted by atomic mass is 32.1. The van der Waals surface area contributed by atoms with Crippen LogP contribution in [-0.4, -0.2) is 29.5 Å². The van der Waals surface area contributed by atoms with Crippen molar-refractivity contribution in [3.8, 4) is 0 Å². The number of thiophene rings is 1. The number of nitrogens with zero attached hydrogens (tertiary/aromatic N) is 2. The van der Waals surface area contributed by atoms with E-state index in [9.17, 15) is 4.79 Å². The van der Waals surface area contributed by atoms with Gasteiger partial charge in [-0.15, -0.1) is 11.3 Å². The highest BCUT2D eigenvalue weighted by molar-refractivity contribution is 7.19. The summed E-state index contributed by atoms with van der Waals surface area (Å²) in [6.45, 7) is 0.243. The monoisotopic (exact) mass is 276 g/mol. The van der Waals surface area contributed by atoms with Crippen molar-refractivity contribution in [1.82, 2.24) is 15.3 Å². The molecule has 0 fully saturated rings. The number of nitrogens with one attached hydrogen (secondary N) is 2. The van der Waals surface area contributed by atoms with E-state index in [0.717, 1.165) is 28.9 Å². The van der Waals surface area contributed by atoms with Crippen LogP contribution in [0.4, 0.5) is 5.82 Å². The predicted molar refractivity (Wildman–Crippen MR) is 76.6 cm³/mol. The number of likely N-dealkylation sites (N-methyl/N-ethyl adjacent to an activating group) is 1. The van der Waals surface area contributed by atoms with Gasteiger partial charge in [-0.2, -0.15) is 0 Å². The van der Waals surface area contributed by atoms with Crippen LogP contribution in [0.5, 0.6) is 0 Å². The van der Waals surface area contributed by atoms with Crippen LogP contribution in [0.1, 0.15) is 23.3 Å². The summed E-state index contributed by atoms with van der Waals surface area (Å²) in [5.41, 5.74) is 1.38. The highest BCUT2D eigenvalue weighted by Gasteiger charge is 2.19. The maximum absolute atomic E-state index is 11.3. The lowest BCUT2D eigenvalue weighted by Gasteiger charge is -2.12. The standard InChI is InChI=1S/C13H16N4OS/c1-14-10(18)6-15-12-11-8-4-2-3-5-9(8)19-13(11)17-7-16-12/h7H,2-6H2,1H3,(H,14,18)(H,15,16,17). The van der Waals surface area contributed by atoms with Gasteiger partial charge in [0.2, 0.25) is 5.91 Å². The van der Waals surface area contributed by atoms with Crippen LogP contribution in [0.2, 0.25) is 0 Å². The Morgan fingerprint density at radius 2 is 2.21 bits per heavy atom. The zero-order valence-electron chi connectivity index (χ0n) is 10.8. The molecule has 0 saturated heterocycles. The van der Waals surface area contributed by atoms with Crippen molar-refractivity contribution in [2.75, 3.05) is 18.9 Å². The van der Waals surface area contributed by atoms with Gasteiger partial charge in [-0.25, -0.2) is 9.97 Å². The van der Waals surface area contributed by atoms with Crippen LogP contribution in [0.25, 0.3) is 10.2 Å². The molecule has 2 heterocycles. The molecule has 2 aromatic rings. The van der Waals surface area contributed by atoms with E-state index in [-0.39, 0.29) is 12.5 Å². The number of hydrogen-bond acceptors (Lipinski definition) is 5. The molecule has 0 unspecified atom stereocenters. The smallest absolute Gasteiger partial charge is 0.239 e. The lowest BCUT2D eigenvalue weighted by Crippen LogP contribution is -2.26. The van der Waals surface area contributed by atoms with Crippen LogP contribution in [0, 0.1) is 0 Å². The normalized spacial score (nSPS) is 14.2. The average Bonchev–Trinajstić information content (AvgIpc) is 2.83. The topological polar surface area (TPSA) is 66.9 Å². The largest absolute Gasteiger partial charge is 0.360 e. The molecule has 5 nitrogen and oxygen atoms in total. The molecule has 2 aromatic heterocycles. The zero-order chi connectivity index (χ0) is 13.2. The first-order chi connectivity index (χ1) is 9.29. The maximum Gasteiger partial charge on any atom is 0.239 e. The molecule has 100 valence electrons. The summed E-state index contributed by atoms with van der Waals surface area (Å²) in [5, 5.41) is 6.83. The third kappa shape index (κ3) is 2.28. The van der Waals surface area contributed by atoms with Crippen LogP contribution < -0.4 is 10.6 Å². The summed E-state index contributed by atoms with van der Waals surface area (Å²) in [6, 6.07) is 0. The van der Waals surface area contributed by atoms with E-state index in [0.29, 0.717) is 0 Å². The fourth-order valence-corrected chi connectivity index (χ4v) is 3.71. The van der Waals surface area contributed by atoms with Crippen molar-refractivity contribution in [2.45, 2.75) is 25.7 Å². The molecular weight excluding hydrogens is 260 g/mol. The van der Waals surface area contributed by atoms with Gasteiger partial charge in [-0.3, -0.25) is 4.79 Å². The van der Waals surface area contributed by atoms with Crippen molar-refractivity contribution in [2.24, 2.45) is 0 Å². The number of anilines is 1. The number of amides is 1. The number of carbonyl (C=O) groups excluding carboxylic acids is 1. The molecule has 0 bridgehead atoms. The fraction of sp³-hybridized carbons (Fsp3) is 0.462. The molecule has 0 atom stereocenters. The van der Waals surface area contributed by atoms with Crippen LogP contribution in [0.15, 0.2) is 6.33 Å². The quantitative estimate of drug-likeness (QED) is 0.896. The summed E-state index contributed by atoms with van der Waals surface area (Å²) in [6.07, 6.45) is 6.29. The summed E-state index contributed by atoms with van der Waals surface area (Å²) < 4.78 is 0. The molecule has 0 spiro atoms. The Morgan fingerprint density at radius 1 is 1.37 bits per heavy atom. The van der Waals surface area contributed by atoms with Gasteiger partial charge in [0.05, 0.1) is 11.9 Å². The Balaban J connectivity index is 1.99. The molecule has 0 radical (unpaired) electrons. The number of hydrogen-bond donors (Lipinski definition) is 2. The van der Waals surface area contributed by atoms with Gasteiger partial charge in [-0.05, 0) is 31.2 Å².